The van der Waals surface area contributed by atoms with Gasteiger partial charge in [-0.2, -0.15) is 0 Å². The number of rotatable bonds is 2. The number of benzene rings is 1. The first kappa shape index (κ1) is 19.9. The molecular formula is C22H21NO7. The summed E-state index contributed by atoms with van der Waals surface area (Å²) in [5.41, 5.74) is 3.20. The lowest BCUT2D eigenvalue weighted by Gasteiger charge is -2.46. The van der Waals surface area contributed by atoms with Gasteiger partial charge in [0, 0.05) is 17.9 Å². The number of carbonyl (C=O) groups is 3. The second kappa shape index (κ2) is 6.56. The first-order chi connectivity index (χ1) is 14.1. The van der Waals surface area contributed by atoms with E-state index in [2.05, 4.69) is 0 Å². The molecule has 0 aromatic heterocycles. The van der Waals surface area contributed by atoms with E-state index in [9.17, 15) is 34.8 Å². The minimum atomic E-state index is -2.54. The number of hydrogen-bond acceptors (Lipinski definition) is 7. The predicted molar refractivity (Wildman–Crippen MR) is 106 cm³/mol. The first-order valence-corrected chi connectivity index (χ1v) is 9.57. The number of hydrogen-bond donors (Lipinski definition) is 5. The van der Waals surface area contributed by atoms with Gasteiger partial charge in [0.2, 0.25) is 5.78 Å². The third kappa shape index (κ3) is 2.46. The van der Waals surface area contributed by atoms with Crippen LogP contribution in [0.2, 0.25) is 0 Å². The fourth-order valence-corrected chi connectivity index (χ4v) is 4.98. The zero-order chi connectivity index (χ0) is 22.0. The number of fused-ring (bicyclic) bond motifs is 3. The van der Waals surface area contributed by atoms with Crippen molar-refractivity contribution in [3.63, 3.8) is 0 Å². The summed E-state index contributed by atoms with van der Waals surface area (Å²) in [6, 6.07) is 3.10. The third-order valence-electron chi connectivity index (χ3n) is 6.33. The maximum absolute atomic E-state index is 13.3. The molecule has 4 rings (SSSR count). The lowest BCUT2D eigenvalue weighted by Crippen LogP contribution is -2.58. The molecule has 8 heteroatoms. The number of Topliss-reactive ketones (excluding diaryl/α,β-unsaturated/α-hetero) is 2. The van der Waals surface area contributed by atoms with Crippen LogP contribution in [0.4, 0.5) is 0 Å². The monoisotopic (exact) mass is 411 g/mol. The number of amides is 1. The van der Waals surface area contributed by atoms with E-state index in [1.54, 1.807) is 6.07 Å². The van der Waals surface area contributed by atoms with E-state index in [4.69, 9.17) is 5.73 Å². The van der Waals surface area contributed by atoms with Crippen molar-refractivity contribution in [3.8, 4) is 5.75 Å². The molecule has 1 saturated carbocycles. The Kier molecular flexibility index (Phi) is 4.36. The number of aliphatic hydroxyl groups is 3. The largest absolute Gasteiger partial charge is 0.508 e. The van der Waals surface area contributed by atoms with Crippen molar-refractivity contribution in [3.05, 3.63) is 51.8 Å². The average molecular weight is 411 g/mol. The number of carbonyl (C=O) groups excluding carboxylic acids is 3. The fraction of sp³-hybridized carbons (Fsp3) is 0.318. The van der Waals surface area contributed by atoms with E-state index in [1.165, 1.54) is 6.07 Å². The van der Waals surface area contributed by atoms with Crippen molar-refractivity contribution >= 4 is 29.3 Å². The minimum absolute atomic E-state index is 0.0951. The van der Waals surface area contributed by atoms with Crippen molar-refractivity contribution in [2.45, 2.75) is 31.8 Å². The summed E-state index contributed by atoms with van der Waals surface area (Å²) in [5, 5.41) is 42.9. The third-order valence-corrected chi connectivity index (χ3v) is 6.33. The molecule has 6 N–H and O–H groups in total. The number of phenolic OH excluding ortho intramolecular Hbond substituents is 1. The maximum Gasteiger partial charge on any atom is 0.255 e. The van der Waals surface area contributed by atoms with Gasteiger partial charge in [0.15, 0.2) is 11.4 Å². The van der Waals surface area contributed by atoms with Crippen LogP contribution < -0.4 is 5.73 Å². The SMILES string of the molecule is C/C=C\c1ccc(O)c2c1CC1CC3CC(=O)C(C(N)=O)=C(O)[C@@]3(O)C(=O)C1=C2O. The molecule has 0 saturated heterocycles. The molecule has 2 unspecified atom stereocenters. The van der Waals surface area contributed by atoms with Crippen LogP contribution in [0.15, 0.2) is 35.1 Å². The molecule has 8 nitrogen and oxygen atoms in total. The van der Waals surface area contributed by atoms with E-state index < -0.39 is 52.0 Å². The zero-order valence-corrected chi connectivity index (χ0v) is 16.2. The van der Waals surface area contributed by atoms with Crippen LogP contribution in [0.3, 0.4) is 0 Å². The van der Waals surface area contributed by atoms with Crippen molar-refractivity contribution in [1.82, 2.24) is 0 Å². The molecular weight excluding hydrogens is 390 g/mol. The summed E-state index contributed by atoms with van der Waals surface area (Å²) in [5.74, 6) is -6.23. The van der Waals surface area contributed by atoms with Crippen LogP contribution in [-0.4, -0.2) is 43.5 Å². The molecule has 1 amide bonds. The number of primary amides is 1. The first-order valence-electron chi connectivity index (χ1n) is 9.57. The summed E-state index contributed by atoms with van der Waals surface area (Å²) in [7, 11) is 0. The molecule has 1 fully saturated rings. The van der Waals surface area contributed by atoms with Gasteiger partial charge in [-0.05, 0) is 42.9 Å². The molecule has 1 aromatic rings. The number of allylic oxidation sites excluding steroid dienone is 1. The lowest BCUT2D eigenvalue weighted by molar-refractivity contribution is -0.147. The number of ketones is 2. The Morgan fingerprint density at radius 1 is 1.20 bits per heavy atom. The van der Waals surface area contributed by atoms with Gasteiger partial charge in [-0.1, -0.05) is 18.2 Å². The number of phenols is 1. The van der Waals surface area contributed by atoms with Crippen molar-refractivity contribution in [2.24, 2.45) is 17.6 Å². The van der Waals surface area contributed by atoms with Crippen LogP contribution in [0.5, 0.6) is 5.75 Å². The smallest absolute Gasteiger partial charge is 0.255 e. The molecule has 0 bridgehead atoms. The summed E-state index contributed by atoms with van der Waals surface area (Å²) in [6.07, 6.45) is 3.71. The number of nitrogens with two attached hydrogens (primary N) is 1. The van der Waals surface area contributed by atoms with Crippen LogP contribution in [0, 0.1) is 11.8 Å². The van der Waals surface area contributed by atoms with Gasteiger partial charge < -0.3 is 26.2 Å². The highest BCUT2D eigenvalue weighted by Crippen LogP contribution is 2.52. The molecule has 0 radical (unpaired) electrons. The average Bonchev–Trinajstić information content (AvgIpc) is 2.66. The van der Waals surface area contributed by atoms with Gasteiger partial charge in [0.25, 0.3) is 5.91 Å². The molecule has 30 heavy (non-hydrogen) atoms. The Morgan fingerprint density at radius 2 is 1.90 bits per heavy atom. The van der Waals surface area contributed by atoms with E-state index in [0.29, 0.717) is 12.0 Å². The predicted octanol–water partition coefficient (Wildman–Crippen LogP) is 1.46. The number of aliphatic hydroxyl groups excluding tert-OH is 2. The lowest BCUT2D eigenvalue weighted by atomic mass is 9.59. The molecule has 3 atom stereocenters. The highest BCUT2D eigenvalue weighted by atomic mass is 16.3. The maximum atomic E-state index is 13.3. The fourth-order valence-electron chi connectivity index (χ4n) is 4.98. The van der Waals surface area contributed by atoms with E-state index in [0.717, 1.165) is 5.56 Å². The molecule has 3 aliphatic carbocycles. The zero-order valence-electron chi connectivity index (χ0n) is 16.2. The standard InChI is InChI=1S/C22H21NO7/c1-2-3-9-4-5-13(24)16-12(9)7-10-6-11-8-14(25)17(21(23)29)20(28)22(11,30)19(27)15(10)18(16)26/h2-5,10-11,24,26,28,30H,6-8H2,1H3,(H2,23,29)/b3-2-/t10?,11?,22-/m0/s1. The topological polar surface area (TPSA) is 158 Å². The summed E-state index contributed by atoms with van der Waals surface area (Å²) in [4.78, 5) is 37.2. The molecule has 0 heterocycles. The quantitative estimate of drug-likeness (QED) is 0.461. The van der Waals surface area contributed by atoms with Gasteiger partial charge in [-0.15, -0.1) is 0 Å². The van der Waals surface area contributed by atoms with Crippen molar-refractivity contribution < 1.29 is 34.8 Å². The Hall–Kier alpha value is -3.39. The molecule has 3 aliphatic rings. The highest BCUT2D eigenvalue weighted by Gasteiger charge is 2.60. The number of aromatic hydroxyl groups is 1. The second-order valence-electron chi connectivity index (χ2n) is 7.93. The summed E-state index contributed by atoms with van der Waals surface area (Å²) >= 11 is 0. The molecule has 0 aliphatic heterocycles. The molecule has 156 valence electrons. The van der Waals surface area contributed by atoms with Crippen LogP contribution in [0.25, 0.3) is 11.8 Å². The van der Waals surface area contributed by atoms with Gasteiger partial charge >= 0.3 is 0 Å². The van der Waals surface area contributed by atoms with Gasteiger partial charge in [-0.25, -0.2) is 0 Å². The van der Waals surface area contributed by atoms with Crippen molar-refractivity contribution in [2.75, 3.05) is 0 Å². The van der Waals surface area contributed by atoms with E-state index >= 15 is 0 Å². The Labute approximate surface area is 171 Å². The summed E-state index contributed by atoms with van der Waals surface area (Å²) in [6.45, 7) is 1.83. The van der Waals surface area contributed by atoms with Gasteiger partial charge in [0.05, 0.1) is 5.56 Å². The Bertz CT molecular complexity index is 1110. The van der Waals surface area contributed by atoms with Gasteiger partial charge in [-0.3, -0.25) is 14.4 Å². The van der Waals surface area contributed by atoms with E-state index in [1.807, 2.05) is 19.1 Å². The van der Waals surface area contributed by atoms with Gasteiger partial charge in [0.1, 0.15) is 22.8 Å². The molecule has 1 aromatic carbocycles. The minimum Gasteiger partial charge on any atom is -0.508 e. The van der Waals surface area contributed by atoms with E-state index in [-0.39, 0.29) is 29.7 Å². The Balaban J connectivity index is 1.94. The van der Waals surface area contributed by atoms with Crippen LogP contribution in [-0.2, 0) is 20.8 Å². The second-order valence-corrected chi connectivity index (χ2v) is 7.93. The normalized spacial score (nSPS) is 28.5. The molecule has 0 spiro atoms. The summed E-state index contributed by atoms with van der Waals surface area (Å²) < 4.78 is 0. The van der Waals surface area contributed by atoms with Crippen LogP contribution in [0.1, 0.15) is 36.5 Å². The highest BCUT2D eigenvalue weighted by molar-refractivity contribution is 6.22. The van der Waals surface area contributed by atoms with Crippen LogP contribution >= 0.6 is 0 Å². The van der Waals surface area contributed by atoms with Crippen molar-refractivity contribution in [1.29, 1.82) is 0 Å². The Morgan fingerprint density at radius 3 is 2.53 bits per heavy atom.